The van der Waals surface area contributed by atoms with Gasteiger partial charge in [-0.05, 0) is 71.6 Å². The lowest BCUT2D eigenvalue weighted by molar-refractivity contribution is 0.0218. The van der Waals surface area contributed by atoms with Gasteiger partial charge in [0.05, 0.1) is 0 Å². The zero-order chi connectivity index (χ0) is 17.9. The molecule has 24 heavy (non-hydrogen) atoms. The molecule has 1 fully saturated rings. The van der Waals surface area contributed by atoms with Crippen LogP contribution in [0.2, 0.25) is 0 Å². The monoisotopic (exact) mass is 396 g/mol. The van der Waals surface area contributed by atoms with Crippen molar-refractivity contribution in [2.45, 2.75) is 71.6 Å². The number of hydrogen-bond donors (Lipinski definition) is 1. The molecular formula is C19H29BrN2O2. The third-order valence-corrected chi connectivity index (χ3v) is 5.16. The molecule has 0 aromatic heterocycles. The molecule has 0 aliphatic carbocycles. The van der Waals surface area contributed by atoms with Crippen LogP contribution in [0.4, 0.5) is 10.5 Å². The SMILES string of the molecule is Cc1c(Br)cccc1NC(C)CC1CCCN1C(=O)OC(C)(C)C. The van der Waals surface area contributed by atoms with Crippen molar-refractivity contribution in [1.82, 2.24) is 4.90 Å². The van der Waals surface area contributed by atoms with Crippen molar-refractivity contribution in [1.29, 1.82) is 0 Å². The first-order valence-corrected chi connectivity index (χ1v) is 9.48. The highest BCUT2D eigenvalue weighted by Crippen LogP contribution is 2.27. The summed E-state index contributed by atoms with van der Waals surface area (Å²) in [7, 11) is 0. The summed E-state index contributed by atoms with van der Waals surface area (Å²) < 4.78 is 6.65. The van der Waals surface area contributed by atoms with Gasteiger partial charge in [0.15, 0.2) is 0 Å². The second-order valence-electron chi connectivity index (χ2n) is 7.66. The van der Waals surface area contributed by atoms with Crippen molar-refractivity contribution < 1.29 is 9.53 Å². The quantitative estimate of drug-likeness (QED) is 0.745. The lowest BCUT2D eigenvalue weighted by atomic mass is 10.1. The molecule has 2 rings (SSSR count). The van der Waals surface area contributed by atoms with Gasteiger partial charge in [-0.15, -0.1) is 0 Å². The summed E-state index contributed by atoms with van der Waals surface area (Å²) in [4.78, 5) is 14.3. The topological polar surface area (TPSA) is 41.6 Å². The van der Waals surface area contributed by atoms with Gasteiger partial charge >= 0.3 is 6.09 Å². The van der Waals surface area contributed by atoms with Crippen LogP contribution in [0.5, 0.6) is 0 Å². The number of halogens is 1. The molecule has 4 nitrogen and oxygen atoms in total. The summed E-state index contributed by atoms with van der Waals surface area (Å²) in [5.74, 6) is 0. The average molecular weight is 397 g/mol. The molecule has 134 valence electrons. The highest BCUT2D eigenvalue weighted by atomic mass is 79.9. The fourth-order valence-corrected chi connectivity index (χ4v) is 3.50. The molecule has 5 heteroatoms. The minimum atomic E-state index is -0.443. The van der Waals surface area contributed by atoms with Crippen molar-refractivity contribution in [2.75, 3.05) is 11.9 Å². The molecule has 2 unspecified atom stereocenters. The summed E-state index contributed by atoms with van der Waals surface area (Å²) in [6, 6.07) is 6.71. The standard InChI is InChI=1S/C19H29BrN2O2/c1-13(21-17-10-6-9-16(20)14(17)2)12-15-8-7-11-22(15)18(23)24-19(3,4)5/h6,9-10,13,15,21H,7-8,11-12H2,1-5H3. The summed E-state index contributed by atoms with van der Waals surface area (Å²) >= 11 is 3.57. The first kappa shape index (κ1) is 19.1. The first-order chi connectivity index (χ1) is 11.2. The average Bonchev–Trinajstić information content (AvgIpc) is 2.90. The second-order valence-corrected chi connectivity index (χ2v) is 8.52. The lowest BCUT2D eigenvalue weighted by Gasteiger charge is -2.30. The van der Waals surface area contributed by atoms with Crippen LogP contribution in [0.25, 0.3) is 0 Å². The fourth-order valence-electron chi connectivity index (χ4n) is 3.14. The second kappa shape index (κ2) is 7.77. The molecule has 0 radical (unpaired) electrons. The molecular weight excluding hydrogens is 368 g/mol. The fraction of sp³-hybridized carbons (Fsp3) is 0.632. The van der Waals surface area contributed by atoms with Crippen LogP contribution in [0.15, 0.2) is 22.7 Å². The number of rotatable bonds is 4. The van der Waals surface area contributed by atoms with Crippen LogP contribution in [0.3, 0.4) is 0 Å². The van der Waals surface area contributed by atoms with E-state index in [0.717, 1.165) is 36.0 Å². The molecule has 0 spiro atoms. The van der Waals surface area contributed by atoms with Gasteiger partial charge in [0.2, 0.25) is 0 Å². The number of amides is 1. The predicted octanol–water partition coefficient (Wildman–Crippen LogP) is 5.35. The molecule has 1 heterocycles. The normalized spacial score (nSPS) is 19.2. The Hall–Kier alpha value is -1.23. The van der Waals surface area contributed by atoms with Gasteiger partial charge in [-0.25, -0.2) is 4.79 Å². The van der Waals surface area contributed by atoms with E-state index in [2.05, 4.69) is 41.2 Å². The highest BCUT2D eigenvalue weighted by Gasteiger charge is 2.32. The molecule has 0 saturated carbocycles. The molecule has 0 bridgehead atoms. The summed E-state index contributed by atoms with van der Waals surface area (Å²) in [5, 5.41) is 3.58. The van der Waals surface area contributed by atoms with E-state index in [0.29, 0.717) is 0 Å². The van der Waals surface area contributed by atoms with E-state index < -0.39 is 5.60 Å². The van der Waals surface area contributed by atoms with Crippen molar-refractivity contribution in [3.8, 4) is 0 Å². The number of hydrogen-bond acceptors (Lipinski definition) is 3. The summed E-state index contributed by atoms with van der Waals surface area (Å²) in [6.07, 6.45) is 2.83. The largest absolute Gasteiger partial charge is 0.444 e. The number of carbonyl (C=O) groups is 1. The maximum absolute atomic E-state index is 12.4. The Bertz CT molecular complexity index is 583. The number of benzene rings is 1. The maximum Gasteiger partial charge on any atom is 0.410 e. The van der Waals surface area contributed by atoms with Gasteiger partial charge in [-0.1, -0.05) is 22.0 Å². The third-order valence-electron chi connectivity index (χ3n) is 4.30. The van der Waals surface area contributed by atoms with E-state index >= 15 is 0 Å². The zero-order valence-electron chi connectivity index (χ0n) is 15.4. The van der Waals surface area contributed by atoms with Crippen molar-refractivity contribution in [3.05, 3.63) is 28.2 Å². The van der Waals surface area contributed by atoms with E-state index in [-0.39, 0.29) is 18.2 Å². The van der Waals surface area contributed by atoms with Crippen molar-refractivity contribution in [3.63, 3.8) is 0 Å². The van der Waals surface area contributed by atoms with Gasteiger partial charge in [-0.2, -0.15) is 0 Å². The summed E-state index contributed by atoms with van der Waals surface area (Å²) in [6.45, 7) is 10.8. The van der Waals surface area contributed by atoms with Crippen molar-refractivity contribution in [2.24, 2.45) is 0 Å². The minimum Gasteiger partial charge on any atom is -0.444 e. The van der Waals surface area contributed by atoms with E-state index in [1.165, 1.54) is 5.56 Å². The van der Waals surface area contributed by atoms with Gasteiger partial charge in [-0.3, -0.25) is 0 Å². The highest BCUT2D eigenvalue weighted by molar-refractivity contribution is 9.10. The molecule has 1 aliphatic heterocycles. The number of ether oxygens (including phenoxy) is 1. The molecule has 1 N–H and O–H groups in total. The van der Waals surface area contributed by atoms with Gasteiger partial charge < -0.3 is 15.0 Å². The molecule has 2 atom stereocenters. The lowest BCUT2D eigenvalue weighted by Crippen LogP contribution is -2.41. The number of likely N-dealkylation sites (tertiary alicyclic amines) is 1. The van der Waals surface area contributed by atoms with Gasteiger partial charge in [0, 0.05) is 28.8 Å². The Morgan fingerprint density at radius 3 is 2.83 bits per heavy atom. The first-order valence-electron chi connectivity index (χ1n) is 8.68. The Balaban J connectivity index is 1.96. The van der Waals surface area contributed by atoms with E-state index in [4.69, 9.17) is 4.74 Å². The number of nitrogens with one attached hydrogen (secondary N) is 1. The van der Waals surface area contributed by atoms with Crippen LogP contribution in [-0.2, 0) is 4.74 Å². The Morgan fingerprint density at radius 2 is 2.17 bits per heavy atom. The van der Waals surface area contributed by atoms with Crippen LogP contribution in [0, 0.1) is 6.92 Å². The molecule has 1 amide bonds. The zero-order valence-corrected chi connectivity index (χ0v) is 16.9. The Morgan fingerprint density at radius 1 is 1.46 bits per heavy atom. The molecule has 1 aliphatic rings. The summed E-state index contributed by atoms with van der Waals surface area (Å²) in [5.41, 5.74) is 1.90. The number of carbonyl (C=O) groups excluding carboxylic acids is 1. The van der Waals surface area contributed by atoms with Crippen LogP contribution in [0.1, 0.15) is 52.5 Å². The van der Waals surface area contributed by atoms with E-state index in [1.807, 2.05) is 37.8 Å². The van der Waals surface area contributed by atoms with E-state index in [1.54, 1.807) is 0 Å². The molecule has 1 aromatic rings. The maximum atomic E-state index is 12.4. The van der Waals surface area contributed by atoms with Crippen LogP contribution in [-0.4, -0.2) is 35.2 Å². The number of nitrogens with zero attached hydrogens (tertiary/aromatic N) is 1. The van der Waals surface area contributed by atoms with Crippen LogP contribution >= 0.6 is 15.9 Å². The Labute approximate surface area is 154 Å². The van der Waals surface area contributed by atoms with Crippen LogP contribution < -0.4 is 5.32 Å². The molecule has 1 aromatic carbocycles. The van der Waals surface area contributed by atoms with Gasteiger partial charge in [0.1, 0.15) is 5.60 Å². The number of anilines is 1. The predicted molar refractivity (Wildman–Crippen MR) is 103 cm³/mol. The smallest absolute Gasteiger partial charge is 0.410 e. The Kier molecular flexibility index (Phi) is 6.18. The molecule has 1 saturated heterocycles. The minimum absolute atomic E-state index is 0.184. The van der Waals surface area contributed by atoms with E-state index in [9.17, 15) is 4.79 Å². The van der Waals surface area contributed by atoms with Gasteiger partial charge in [0.25, 0.3) is 0 Å². The third kappa shape index (κ3) is 5.13. The van der Waals surface area contributed by atoms with Crippen molar-refractivity contribution >= 4 is 27.7 Å².